The summed E-state index contributed by atoms with van der Waals surface area (Å²) < 4.78 is 0. The molecule has 0 aromatic heterocycles. The molecule has 2 unspecified atom stereocenters. The number of aryl methyl sites for hydroxylation is 1. The second-order valence-corrected chi connectivity index (χ2v) is 7.60. The van der Waals surface area contributed by atoms with E-state index in [9.17, 15) is 14.7 Å². The van der Waals surface area contributed by atoms with Crippen molar-refractivity contribution in [3.05, 3.63) is 35.4 Å². The van der Waals surface area contributed by atoms with E-state index in [1.54, 1.807) is 23.9 Å². The Kier molecular flexibility index (Phi) is 4.33. The summed E-state index contributed by atoms with van der Waals surface area (Å²) in [6, 6.07) is 6.52. The number of benzene rings is 1. The van der Waals surface area contributed by atoms with Gasteiger partial charge in [-0.25, -0.2) is 4.79 Å². The molecule has 1 aromatic carbocycles. The van der Waals surface area contributed by atoms with Gasteiger partial charge in [0.1, 0.15) is 6.04 Å². The molecule has 1 aliphatic rings. The molecule has 2 atom stereocenters. The number of carbonyl (C=O) groups is 2. The number of carboxylic acid groups (broad SMARTS) is 1. The topological polar surface area (TPSA) is 57.6 Å². The van der Waals surface area contributed by atoms with Crippen LogP contribution in [0, 0.1) is 12.3 Å². The van der Waals surface area contributed by atoms with Crippen molar-refractivity contribution in [3.63, 3.8) is 0 Å². The molecule has 1 N–H and O–H groups in total. The molecule has 1 aromatic rings. The Balaban J connectivity index is 2.36. The SMILES string of the molecule is Cc1ccc(C(=O)N2C(C(=O)O)CSC2C(C)(C)C)cc1. The summed E-state index contributed by atoms with van der Waals surface area (Å²) >= 11 is 1.54. The lowest BCUT2D eigenvalue weighted by molar-refractivity contribution is -0.141. The van der Waals surface area contributed by atoms with Crippen LogP contribution in [0.15, 0.2) is 24.3 Å². The lowest BCUT2D eigenvalue weighted by Crippen LogP contribution is -2.49. The lowest BCUT2D eigenvalue weighted by atomic mass is 9.94. The Morgan fingerprint density at radius 1 is 1.24 bits per heavy atom. The number of amides is 1. The van der Waals surface area contributed by atoms with E-state index in [0.29, 0.717) is 11.3 Å². The Bertz CT molecular complexity index is 548. The second kappa shape index (κ2) is 5.72. The molecule has 1 amide bonds. The first-order chi connectivity index (χ1) is 9.71. The van der Waals surface area contributed by atoms with E-state index in [0.717, 1.165) is 5.56 Å². The molecule has 114 valence electrons. The van der Waals surface area contributed by atoms with Crippen LogP contribution >= 0.6 is 11.8 Å². The van der Waals surface area contributed by atoms with Gasteiger partial charge >= 0.3 is 5.97 Å². The van der Waals surface area contributed by atoms with E-state index < -0.39 is 12.0 Å². The Morgan fingerprint density at radius 3 is 2.29 bits per heavy atom. The highest BCUT2D eigenvalue weighted by atomic mass is 32.2. The molecule has 5 heteroatoms. The minimum atomic E-state index is -0.935. The summed E-state index contributed by atoms with van der Waals surface area (Å²) in [5, 5.41) is 9.27. The van der Waals surface area contributed by atoms with Gasteiger partial charge in [0.2, 0.25) is 0 Å². The molecule has 4 nitrogen and oxygen atoms in total. The van der Waals surface area contributed by atoms with Crippen LogP contribution in [0.5, 0.6) is 0 Å². The maximum atomic E-state index is 12.8. The lowest BCUT2D eigenvalue weighted by Gasteiger charge is -2.35. The van der Waals surface area contributed by atoms with Crippen molar-refractivity contribution in [2.45, 2.75) is 39.1 Å². The standard InChI is InChI=1S/C16H21NO3S/c1-10-5-7-11(8-6-10)13(18)17-12(14(19)20)9-21-15(17)16(2,3)4/h5-8,12,15H,9H2,1-4H3,(H,19,20). The van der Waals surface area contributed by atoms with Crippen molar-refractivity contribution >= 4 is 23.6 Å². The van der Waals surface area contributed by atoms with E-state index in [-0.39, 0.29) is 16.7 Å². The average Bonchev–Trinajstić information content (AvgIpc) is 2.83. The number of thioether (sulfide) groups is 1. The summed E-state index contributed by atoms with van der Waals surface area (Å²) in [4.78, 5) is 25.8. The van der Waals surface area contributed by atoms with E-state index >= 15 is 0 Å². The van der Waals surface area contributed by atoms with Crippen LogP contribution in [0.2, 0.25) is 0 Å². The highest BCUT2D eigenvalue weighted by molar-refractivity contribution is 8.00. The predicted molar refractivity (Wildman–Crippen MR) is 84.5 cm³/mol. The van der Waals surface area contributed by atoms with Gasteiger partial charge in [-0.3, -0.25) is 4.79 Å². The van der Waals surface area contributed by atoms with Crippen LogP contribution < -0.4 is 0 Å². The summed E-state index contributed by atoms with van der Waals surface area (Å²) in [7, 11) is 0. The van der Waals surface area contributed by atoms with Crippen molar-refractivity contribution in [2.24, 2.45) is 5.41 Å². The normalized spacial score (nSPS) is 22.4. The summed E-state index contributed by atoms with van der Waals surface area (Å²) in [5.74, 6) is -0.698. The molecule has 0 radical (unpaired) electrons. The fraction of sp³-hybridized carbons (Fsp3) is 0.500. The van der Waals surface area contributed by atoms with E-state index in [1.165, 1.54) is 4.90 Å². The zero-order valence-corrected chi connectivity index (χ0v) is 13.6. The minimum absolute atomic E-state index is 0.132. The van der Waals surface area contributed by atoms with Crippen molar-refractivity contribution in [1.29, 1.82) is 0 Å². The quantitative estimate of drug-likeness (QED) is 0.912. The van der Waals surface area contributed by atoms with Crippen molar-refractivity contribution in [2.75, 3.05) is 5.75 Å². The molecule has 0 saturated carbocycles. The zero-order valence-electron chi connectivity index (χ0n) is 12.8. The average molecular weight is 307 g/mol. The van der Waals surface area contributed by atoms with Gasteiger partial charge in [-0.2, -0.15) is 0 Å². The van der Waals surface area contributed by atoms with Crippen molar-refractivity contribution in [1.82, 2.24) is 4.90 Å². The molecule has 0 bridgehead atoms. The molecule has 1 fully saturated rings. The molecular formula is C16H21NO3S. The molecule has 0 spiro atoms. The van der Waals surface area contributed by atoms with Crippen molar-refractivity contribution in [3.8, 4) is 0 Å². The van der Waals surface area contributed by atoms with Gasteiger partial charge in [0.05, 0.1) is 5.37 Å². The molecule has 1 aliphatic heterocycles. The third-order valence-electron chi connectivity index (χ3n) is 3.56. The predicted octanol–water partition coefficient (Wildman–Crippen LogP) is 3.01. The number of carbonyl (C=O) groups excluding carboxylic acids is 1. The summed E-state index contributed by atoms with van der Waals surface area (Å²) in [5.41, 5.74) is 1.45. The zero-order chi connectivity index (χ0) is 15.8. The van der Waals surface area contributed by atoms with Gasteiger partial charge in [-0.1, -0.05) is 38.5 Å². The van der Waals surface area contributed by atoms with Crippen LogP contribution in [-0.2, 0) is 4.79 Å². The fourth-order valence-electron chi connectivity index (χ4n) is 2.46. The van der Waals surface area contributed by atoms with Gasteiger partial charge in [0.25, 0.3) is 5.91 Å². The molecule has 2 rings (SSSR count). The smallest absolute Gasteiger partial charge is 0.327 e. The highest BCUT2D eigenvalue weighted by Crippen LogP contribution is 2.41. The summed E-state index contributed by atoms with van der Waals surface area (Å²) in [6.07, 6.45) is 0. The van der Waals surface area contributed by atoms with Crippen LogP contribution in [-0.4, -0.2) is 39.1 Å². The van der Waals surface area contributed by atoms with Crippen molar-refractivity contribution < 1.29 is 14.7 Å². The van der Waals surface area contributed by atoms with Crippen LogP contribution in [0.25, 0.3) is 0 Å². The molecule has 1 heterocycles. The van der Waals surface area contributed by atoms with Gasteiger partial charge in [-0.05, 0) is 24.5 Å². The van der Waals surface area contributed by atoms with Gasteiger partial charge in [-0.15, -0.1) is 11.8 Å². The Labute approximate surface area is 129 Å². The molecular weight excluding hydrogens is 286 g/mol. The Hall–Kier alpha value is -1.49. The first-order valence-corrected chi connectivity index (χ1v) is 8.00. The number of hydrogen-bond donors (Lipinski definition) is 1. The highest BCUT2D eigenvalue weighted by Gasteiger charge is 2.46. The monoisotopic (exact) mass is 307 g/mol. The Morgan fingerprint density at radius 2 is 1.81 bits per heavy atom. The number of carboxylic acids is 1. The molecule has 21 heavy (non-hydrogen) atoms. The third-order valence-corrected chi connectivity index (χ3v) is 5.32. The maximum Gasteiger partial charge on any atom is 0.327 e. The third kappa shape index (κ3) is 3.23. The van der Waals surface area contributed by atoms with Crippen LogP contribution in [0.1, 0.15) is 36.7 Å². The number of rotatable bonds is 2. The minimum Gasteiger partial charge on any atom is -0.480 e. The number of aliphatic carboxylic acids is 1. The summed E-state index contributed by atoms with van der Waals surface area (Å²) in [6.45, 7) is 8.05. The van der Waals surface area contributed by atoms with Crippen LogP contribution in [0.3, 0.4) is 0 Å². The van der Waals surface area contributed by atoms with E-state index in [1.807, 2.05) is 39.8 Å². The molecule has 0 aliphatic carbocycles. The van der Waals surface area contributed by atoms with E-state index in [4.69, 9.17) is 0 Å². The van der Waals surface area contributed by atoms with E-state index in [2.05, 4.69) is 0 Å². The fourth-order valence-corrected chi connectivity index (χ4v) is 4.03. The van der Waals surface area contributed by atoms with Crippen LogP contribution in [0.4, 0.5) is 0 Å². The second-order valence-electron chi connectivity index (χ2n) is 6.48. The first kappa shape index (κ1) is 15.9. The van der Waals surface area contributed by atoms with Gasteiger partial charge < -0.3 is 10.0 Å². The largest absolute Gasteiger partial charge is 0.480 e. The van der Waals surface area contributed by atoms with Gasteiger partial charge in [0.15, 0.2) is 0 Å². The number of nitrogens with zero attached hydrogens (tertiary/aromatic N) is 1. The molecule has 1 saturated heterocycles. The first-order valence-electron chi connectivity index (χ1n) is 6.95. The maximum absolute atomic E-state index is 12.8. The van der Waals surface area contributed by atoms with Gasteiger partial charge in [0, 0.05) is 11.3 Å². The number of hydrogen-bond acceptors (Lipinski definition) is 3.